The molecule has 0 bridgehead atoms. The van der Waals surface area contributed by atoms with Gasteiger partial charge in [0, 0.05) is 13.1 Å². The van der Waals surface area contributed by atoms with Crippen molar-refractivity contribution in [3.05, 3.63) is 23.0 Å². The predicted molar refractivity (Wildman–Crippen MR) is 115 cm³/mol. The maximum atomic E-state index is 12.4. The second-order valence-corrected chi connectivity index (χ2v) is 10.1. The van der Waals surface area contributed by atoms with Gasteiger partial charge in [0.15, 0.2) is 14.6 Å². The van der Waals surface area contributed by atoms with Gasteiger partial charge in [-0.05, 0) is 37.5 Å². The van der Waals surface area contributed by atoms with Gasteiger partial charge in [0.05, 0.1) is 23.9 Å². The number of carbonyl (C=O) groups is 2. The summed E-state index contributed by atoms with van der Waals surface area (Å²) in [7, 11) is -2.36. The predicted octanol–water partition coefficient (Wildman–Crippen LogP) is 1.20. The Labute approximate surface area is 179 Å². The van der Waals surface area contributed by atoms with Crippen LogP contribution in [0.15, 0.2) is 23.2 Å². The fourth-order valence-electron chi connectivity index (χ4n) is 3.31. The van der Waals surface area contributed by atoms with Crippen molar-refractivity contribution in [3.8, 4) is 18.1 Å². The first-order valence-corrected chi connectivity index (χ1v) is 12.1. The van der Waals surface area contributed by atoms with Gasteiger partial charge in [-0.3, -0.25) is 9.59 Å². The Hall–Kier alpha value is -2.64. The maximum absolute atomic E-state index is 12.4. The molecule has 1 saturated heterocycles. The minimum absolute atomic E-state index is 0.179. The SMILES string of the molecule is C#CCn1c(=NC(=O)CS(=O)(=O)CC(=O)N2CCCCC2)sc2cc(OC)ccc21. The van der Waals surface area contributed by atoms with Crippen LogP contribution in [0.25, 0.3) is 10.2 Å². The first-order valence-electron chi connectivity index (χ1n) is 9.49. The van der Waals surface area contributed by atoms with Crippen LogP contribution < -0.4 is 9.54 Å². The van der Waals surface area contributed by atoms with Crippen molar-refractivity contribution in [1.29, 1.82) is 0 Å². The summed E-state index contributed by atoms with van der Waals surface area (Å²) < 4.78 is 32.4. The highest BCUT2D eigenvalue weighted by Crippen LogP contribution is 2.23. The molecule has 0 N–H and O–H groups in total. The van der Waals surface area contributed by atoms with E-state index in [0.717, 1.165) is 29.5 Å². The molecule has 0 radical (unpaired) electrons. The molecule has 0 saturated carbocycles. The average molecular weight is 450 g/mol. The van der Waals surface area contributed by atoms with E-state index in [0.29, 0.717) is 23.6 Å². The highest BCUT2D eigenvalue weighted by molar-refractivity contribution is 7.92. The monoisotopic (exact) mass is 449 g/mol. The number of ether oxygens (including phenoxy) is 1. The van der Waals surface area contributed by atoms with Crippen molar-refractivity contribution < 1.29 is 22.7 Å². The van der Waals surface area contributed by atoms with Crippen LogP contribution in [0.2, 0.25) is 0 Å². The van der Waals surface area contributed by atoms with Gasteiger partial charge in [0.2, 0.25) is 5.91 Å². The number of hydrogen-bond acceptors (Lipinski definition) is 6. The van der Waals surface area contributed by atoms with Crippen molar-refractivity contribution in [2.45, 2.75) is 25.8 Å². The number of amides is 2. The summed E-state index contributed by atoms with van der Waals surface area (Å²) in [5.74, 6) is 0.375. The smallest absolute Gasteiger partial charge is 0.263 e. The summed E-state index contributed by atoms with van der Waals surface area (Å²) in [6, 6.07) is 5.37. The van der Waals surface area contributed by atoms with E-state index in [4.69, 9.17) is 11.2 Å². The number of thiazole rings is 1. The summed E-state index contributed by atoms with van der Waals surface area (Å²) in [4.78, 5) is 30.5. The Kier molecular flexibility index (Phi) is 6.95. The van der Waals surface area contributed by atoms with Crippen LogP contribution in [-0.4, -0.2) is 61.4 Å². The summed E-state index contributed by atoms with van der Waals surface area (Å²) in [6.07, 6.45) is 8.21. The third-order valence-corrected chi connectivity index (χ3v) is 7.17. The van der Waals surface area contributed by atoms with Crippen molar-refractivity contribution in [2.75, 3.05) is 31.7 Å². The van der Waals surface area contributed by atoms with Gasteiger partial charge < -0.3 is 14.2 Å². The number of methoxy groups -OCH3 is 1. The van der Waals surface area contributed by atoms with E-state index in [9.17, 15) is 18.0 Å². The molecule has 0 spiro atoms. The fraction of sp³-hybridized carbons (Fsp3) is 0.450. The molecule has 2 aromatic rings. The van der Waals surface area contributed by atoms with Crippen LogP contribution in [0.4, 0.5) is 0 Å². The van der Waals surface area contributed by atoms with Gasteiger partial charge in [-0.2, -0.15) is 4.99 Å². The van der Waals surface area contributed by atoms with Gasteiger partial charge in [0.1, 0.15) is 17.3 Å². The van der Waals surface area contributed by atoms with Crippen molar-refractivity contribution in [3.63, 3.8) is 0 Å². The Bertz CT molecular complexity index is 1170. The number of rotatable bonds is 6. The molecule has 10 heteroatoms. The Morgan fingerprint density at radius 1 is 1.23 bits per heavy atom. The molecule has 1 aromatic heterocycles. The van der Waals surface area contributed by atoms with Crippen molar-refractivity contribution in [1.82, 2.24) is 9.47 Å². The number of hydrogen-bond donors (Lipinski definition) is 0. The van der Waals surface area contributed by atoms with E-state index >= 15 is 0 Å². The molecule has 1 aromatic carbocycles. The number of piperidine rings is 1. The molecule has 30 heavy (non-hydrogen) atoms. The zero-order valence-corrected chi connectivity index (χ0v) is 18.3. The lowest BCUT2D eigenvalue weighted by Gasteiger charge is -2.26. The number of sulfone groups is 1. The third-order valence-electron chi connectivity index (χ3n) is 4.76. The second-order valence-electron chi connectivity index (χ2n) is 6.99. The molecule has 2 heterocycles. The maximum Gasteiger partial charge on any atom is 0.263 e. The quantitative estimate of drug-likeness (QED) is 0.617. The van der Waals surface area contributed by atoms with Crippen molar-refractivity contribution >= 4 is 43.2 Å². The number of fused-ring (bicyclic) bond motifs is 1. The molecule has 0 aliphatic carbocycles. The molecule has 1 aliphatic heterocycles. The standard InChI is InChI=1S/C20H23N3O5S2/c1-3-9-23-16-8-7-15(28-2)12-17(16)29-20(23)21-18(24)13-30(26,27)14-19(25)22-10-5-4-6-11-22/h1,7-8,12H,4-6,9-11,13-14H2,2H3. The molecule has 8 nitrogen and oxygen atoms in total. The van der Waals surface area contributed by atoms with E-state index in [-0.39, 0.29) is 6.54 Å². The zero-order chi connectivity index (χ0) is 21.7. The average Bonchev–Trinajstić information content (AvgIpc) is 3.04. The summed E-state index contributed by atoms with van der Waals surface area (Å²) >= 11 is 1.21. The first-order chi connectivity index (χ1) is 14.3. The molecular weight excluding hydrogens is 426 g/mol. The third kappa shape index (κ3) is 5.29. The van der Waals surface area contributed by atoms with E-state index in [2.05, 4.69) is 10.9 Å². The molecular formula is C20H23N3O5S2. The van der Waals surface area contributed by atoms with Crippen LogP contribution >= 0.6 is 11.3 Å². The summed E-state index contributed by atoms with van der Waals surface area (Å²) in [6.45, 7) is 1.30. The Balaban J connectivity index is 1.81. The molecule has 2 amide bonds. The van der Waals surface area contributed by atoms with Gasteiger partial charge in [-0.15, -0.1) is 6.42 Å². The van der Waals surface area contributed by atoms with Gasteiger partial charge in [0.25, 0.3) is 5.91 Å². The molecule has 0 atom stereocenters. The normalized spacial score (nSPS) is 15.2. The van der Waals surface area contributed by atoms with Crippen molar-refractivity contribution in [2.24, 2.45) is 4.99 Å². The lowest BCUT2D eigenvalue weighted by atomic mass is 10.1. The van der Waals surface area contributed by atoms with Crippen LogP contribution in [0, 0.1) is 12.3 Å². The number of carbonyl (C=O) groups excluding carboxylic acids is 2. The lowest BCUT2D eigenvalue weighted by molar-refractivity contribution is -0.129. The number of nitrogens with zero attached hydrogens (tertiary/aromatic N) is 3. The summed E-state index contributed by atoms with van der Waals surface area (Å²) in [5, 5.41) is 0. The van der Waals surface area contributed by atoms with Crippen LogP contribution in [-0.2, 0) is 26.0 Å². The molecule has 1 fully saturated rings. The number of benzene rings is 1. The van der Waals surface area contributed by atoms with Gasteiger partial charge >= 0.3 is 0 Å². The lowest BCUT2D eigenvalue weighted by Crippen LogP contribution is -2.40. The second kappa shape index (κ2) is 9.45. The summed E-state index contributed by atoms with van der Waals surface area (Å²) in [5.41, 5.74) is 0.772. The minimum atomic E-state index is -3.91. The fourth-order valence-corrected chi connectivity index (χ4v) is 5.49. The van der Waals surface area contributed by atoms with Gasteiger partial charge in [-0.25, -0.2) is 8.42 Å². The van der Waals surface area contributed by atoms with Crippen LogP contribution in [0.1, 0.15) is 19.3 Å². The molecule has 160 valence electrons. The Morgan fingerprint density at radius 2 is 1.97 bits per heavy atom. The van der Waals surface area contributed by atoms with E-state index in [1.54, 1.807) is 34.8 Å². The zero-order valence-electron chi connectivity index (χ0n) is 16.7. The van der Waals surface area contributed by atoms with Crippen LogP contribution in [0.3, 0.4) is 0 Å². The number of terminal acetylenes is 1. The highest BCUT2D eigenvalue weighted by atomic mass is 32.2. The minimum Gasteiger partial charge on any atom is -0.497 e. The molecule has 3 rings (SSSR count). The van der Waals surface area contributed by atoms with Crippen LogP contribution in [0.5, 0.6) is 5.75 Å². The molecule has 1 aliphatic rings. The van der Waals surface area contributed by atoms with E-state index < -0.39 is 33.2 Å². The highest BCUT2D eigenvalue weighted by Gasteiger charge is 2.25. The topological polar surface area (TPSA) is 98.0 Å². The number of likely N-dealkylation sites (tertiary alicyclic amines) is 1. The Morgan fingerprint density at radius 3 is 2.63 bits per heavy atom. The van der Waals surface area contributed by atoms with Gasteiger partial charge in [-0.1, -0.05) is 17.3 Å². The number of aromatic nitrogens is 1. The largest absolute Gasteiger partial charge is 0.497 e. The van der Waals surface area contributed by atoms with E-state index in [1.165, 1.54) is 11.3 Å². The van der Waals surface area contributed by atoms with E-state index in [1.807, 2.05) is 0 Å². The first kappa shape index (κ1) is 22.1. The molecule has 0 unspecified atom stereocenters.